The van der Waals surface area contributed by atoms with Gasteiger partial charge in [-0.25, -0.2) is 0 Å². The molecule has 0 radical (unpaired) electrons. The van der Waals surface area contributed by atoms with Crippen molar-refractivity contribution in [2.45, 2.75) is 27.7 Å². The van der Waals surface area contributed by atoms with Crippen LogP contribution in [0.15, 0.2) is 54.6 Å². The first-order chi connectivity index (χ1) is 10.5. The topological polar surface area (TPSA) is 29.1 Å². The summed E-state index contributed by atoms with van der Waals surface area (Å²) in [6, 6.07) is 19.0. The minimum atomic E-state index is 0. The van der Waals surface area contributed by atoms with Crippen molar-refractivity contribution in [1.82, 2.24) is 5.32 Å². The lowest BCUT2D eigenvalue weighted by atomic mass is 10.0. The molecule has 0 heterocycles. The summed E-state index contributed by atoms with van der Waals surface area (Å²) in [5.74, 6) is 0.459. The Labute approximate surface area is 136 Å². The van der Waals surface area contributed by atoms with Crippen LogP contribution < -0.4 is 5.32 Å². The Balaban J connectivity index is 0.000000434. The van der Waals surface area contributed by atoms with E-state index in [-0.39, 0.29) is 13.1 Å². The van der Waals surface area contributed by atoms with Crippen LogP contribution in [0.5, 0.6) is 0 Å². The lowest BCUT2D eigenvalue weighted by Crippen LogP contribution is -2.25. The first kappa shape index (κ1) is 18.1. The summed E-state index contributed by atoms with van der Waals surface area (Å²) in [5, 5.41) is 2.98. The maximum Gasteiger partial charge on any atom is 0.149 e. The van der Waals surface area contributed by atoms with Gasteiger partial charge in [0, 0.05) is 7.34 Å². The Kier molecular flexibility index (Phi) is 8.16. The SMILES string of the molecule is CCNCC(=O)C(C)C.Cc1ccc(-c2ccccc2)cc1.[HH]. The second-order valence-corrected chi connectivity index (χ2v) is 5.63. The summed E-state index contributed by atoms with van der Waals surface area (Å²) in [4.78, 5) is 10.8. The van der Waals surface area contributed by atoms with E-state index in [1.54, 1.807) is 0 Å². The van der Waals surface area contributed by atoms with E-state index in [4.69, 9.17) is 0 Å². The van der Waals surface area contributed by atoms with Crippen molar-refractivity contribution >= 4 is 5.78 Å². The van der Waals surface area contributed by atoms with E-state index in [9.17, 15) is 4.79 Å². The van der Waals surface area contributed by atoms with Gasteiger partial charge in [0.25, 0.3) is 0 Å². The van der Waals surface area contributed by atoms with Crippen LogP contribution in [0.2, 0.25) is 0 Å². The fourth-order valence-electron chi connectivity index (χ4n) is 1.83. The van der Waals surface area contributed by atoms with E-state index in [0.717, 1.165) is 6.54 Å². The zero-order valence-electron chi connectivity index (χ0n) is 14.1. The monoisotopic (exact) mass is 299 g/mol. The van der Waals surface area contributed by atoms with Gasteiger partial charge in [-0.3, -0.25) is 4.79 Å². The average molecular weight is 299 g/mol. The summed E-state index contributed by atoms with van der Waals surface area (Å²) in [7, 11) is 0. The molecule has 0 bridgehead atoms. The molecule has 0 amide bonds. The van der Waals surface area contributed by atoms with Crippen molar-refractivity contribution in [2.24, 2.45) is 5.92 Å². The van der Waals surface area contributed by atoms with Gasteiger partial charge in [0.15, 0.2) is 0 Å². The molecule has 0 aliphatic carbocycles. The number of likely N-dealkylation sites (N-methyl/N-ethyl adjacent to an activating group) is 1. The average Bonchev–Trinajstić information content (AvgIpc) is 2.54. The number of benzene rings is 2. The molecule has 2 nitrogen and oxygen atoms in total. The third-order valence-electron chi connectivity index (χ3n) is 3.35. The van der Waals surface area contributed by atoms with Gasteiger partial charge in [0.05, 0.1) is 6.54 Å². The number of Topliss-reactive ketones (excluding diaryl/α,β-unsaturated/α-hetero) is 1. The highest BCUT2D eigenvalue weighted by Gasteiger charge is 2.03. The number of rotatable bonds is 5. The molecule has 2 heteroatoms. The fourth-order valence-corrected chi connectivity index (χ4v) is 1.83. The molecule has 0 saturated heterocycles. The number of nitrogens with one attached hydrogen (secondary N) is 1. The van der Waals surface area contributed by atoms with Gasteiger partial charge >= 0.3 is 0 Å². The zero-order valence-corrected chi connectivity index (χ0v) is 14.1. The van der Waals surface area contributed by atoms with Crippen LogP contribution in [-0.2, 0) is 4.79 Å². The number of carbonyl (C=O) groups is 1. The molecule has 0 aliphatic heterocycles. The van der Waals surface area contributed by atoms with E-state index >= 15 is 0 Å². The largest absolute Gasteiger partial charge is 0.310 e. The van der Waals surface area contributed by atoms with Crippen molar-refractivity contribution in [1.29, 1.82) is 0 Å². The van der Waals surface area contributed by atoms with Gasteiger partial charge in [0.2, 0.25) is 0 Å². The minimum Gasteiger partial charge on any atom is -0.310 e. The molecule has 0 aromatic heterocycles. The van der Waals surface area contributed by atoms with E-state index in [2.05, 4.69) is 60.8 Å². The highest BCUT2D eigenvalue weighted by molar-refractivity contribution is 5.82. The van der Waals surface area contributed by atoms with Gasteiger partial charge < -0.3 is 5.32 Å². The number of hydrogen-bond donors (Lipinski definition) is 1. The second kappa shape index (κ2) is 9.91. The summed E-state index contributed by atoms with van der Waals surface area (Å²) in [6.07, 6.45) is 0. The third-order valence-corrected chi connectivity index (χ3v) is 3.35. The number of hydrogen-bond acceptors (Lipinski definition) is 2. The van der Waals surface area contributed by atoms with Crippen LogP contribution in [-0.4, -0.2) is 18.9 Å². The molecule has 120 valence electrons. The van der Waals surface area contributed by atoms with Gasteiger partial charge in [0.1, 0.15) is 5.78 Å². The number of carbonyl (C=O) groups excluding carboxylic acids is 1. The molecular formula is C20H29NO. The molecule has 0 spiro atoms. The Morgan fingerprint density at radius 3 is 2.05 bits per heavy atom. The number of aryl methyl sites for hydroxylation is 1. The highest BCUT2D eigenvalue weighted by atomic mass is 16.1. The highest BCUT2D eigenvalue weighted by Crippen LogP contribution is 2.18. The lowest BCUT2D eigenvalue weighted by molar-refractivity contribution is -0.121. The fraction of sp³-hybridized carbons (Fsp3) is 0.350. The maximum absolute atomic E-state index is 10.8. The summed E-state index contributed by atoms with van der Waals surface area (Å²) >= 11 is 0. The maximum atomic E-state index is 10.8. The van der Waals surface area contributed by atoms with Crippen LogP contribution in [0.25, 0.3) is 11.1 Å². The van der Waals surface area contributed by atoms with Crippen LogP contribution in [0.3, 0.4) is 0 Å². The van der Waals surface area contributed by atoms with E-state index in [1.165, 1.54) is 16.7 Å². The van der Waals surface area contributed by atoms with Gasteiger partial charge in [-0.05, 0) is 24.6 Å². The van der Waals surface area contributed by atoms with Crippen molar-refractivity contribution in [2.75, 3.05) is 13.1 Å². The smallest absolute Gasteiger partial charge is 0.149 e. The second-order valence-electron chi connectivity index (χ2n) is 5.63. The van der Waals surface area contributed by atoms with E-state index in [1.807, 2.05) is 26.8 Å². The third kappa shape index (κ3) is 6.68. The van der Waals surface area contributed by atoms with Crippen molar-refractivity contribution in [3.63, 3.8) is 0 Å². The first-order valence-electron chi connectivity index (χ1n) is 7.90. The summed E-state index contributed by atoms with van der Waals surface area (Å²) in [5.41, 5.74) is 3.87. The molecular weight excluding hydrogens is 270 g/mol. The zero-order chi connectivity index (χ0) is 16.4. The Hall–Kier alpha value is -1.93. The quantitative estimate of drug-likeness (QED) is 0.865. The van der Waals surface area contributed by atoms with E-state index in [0.29, 0.717) is 6.54 Å². The van der Waals surface area contributed by atoms with E-state index < -0.39 is 0 Å². The Morgan fingerprint density at radius 2 is 1.55 bits per heavy atom. The van der Waals surface area contributed by atoms with Crippen LogP contribution >= 0.6 is 0 Å². The van der Waals surface area contributed by atoms with Gasteiger partial charge in [-0.15, -0.1) is 0 Å². The molecule has 22 heavy (non-hydrogen) atoms. The molecule has 1 N–H and O–H groups in total. The summed E-state index contributed by atoms with van der Waals surface area (Å²) in [6.45, 7) is 9.33. The molecule has 0 aliphatic rings. The Bertz CT molecular complexity index is 550. The van der Waals surface area contributed by atoms with Gasteiger partial charge in [-0.1, -0.05) is 80.9 Å². The number of ketones is 1. The molecule has 2 aromatic rings. The van der Waals surface area contributed by atoms with Crippen molar-refractivity contribution in [3.05, 3.63) is 60.2 Å². The standard InChI is InChI=1S/C13H12.C7H15NO.H2/c1-11-7-9-13(10-8-11)12-5-3-2-4-6-12;1-4-8-5-7(9)6(2)3;/h2-10H,1H3;6,8H,4-5H2,1-3H3;1H. The van der Waals surface area contributed by atoms with Crippen LogP contribution in [0, 0.1) is 12.8 Å². The molecule has 0 atom stereocenters. The Morgan fingerprint density at radius 1 is 1.00 bits per heavy atom. The first-order valence-corrected chi connectivity index (χ1v) is 7.90. The molecule has 2 rings (SSSR count). The van der Waals surface area contributed by atoms with Crippen LogP contribution in [0.4, 0.5) is 0 Å². The summed E-state index contributed by atoms with van der Waals surface area (Å²) < 4.78 is 0. The molecule has 0 saturated carbocycles. The van der Waals surface area contributed by atoms with Gasteiger partial charge in [-0.2, -0.15) is 0 Å². The predicted octanol–water partition coefficient (Wildman–Crippen LogP) is 4.73. The van der Waals surface area contributed by atoms with Crippen molar-refractivity contribution < 1.29 is 6.22 Å². The lowest BCUT2D eigenvalue weighted by Gasteiger charge is -2.02. The minimum absolute atomic E-state index is 0. The molecule has 0 fully saturated rings. The van der Waals surface area contributed by atoms with Crippen molar-refractivity contribution in [3.8, 4) is 11.1 Å². The predicted molar refractivity (Wildman–Crippen MR) is 97.1 cm³/mol. The molecule has 2 aromatic carbocycles. The normalized spacial score (nSPS) is 10.0. The molecule has 0 unspecified atom stereocenters. The van der Waals surface area contributed by atoms with Crippen LogP contribution in [0.1, 0.15) is 27.8 Å².